The van der Waals surface area contributed by atoms with Gasteiger partial charge in [0.05, 0.1) is 6.10 Å². The largest absolute Gasteiger partial charge is 0.481 e. The van der Waals surface area contributed by atoms with Crippen LogP contribution in [0.3, 0.4) is 0 Å². The number of rotatable bonds is 7. The fourth-order valence-corrected chi connectivity index (χ4v) is 8.30. The number of aliphatic carboxylic acids is 1. The van der Waals surface area contributed by atoms with E-state index in [0.717, 1.165) is 24.8 Å². The Morgan fingerprint density at radius 3 is 2.62 bits per heavy atom. The van der Waals surface area contributed by atoms with Gasteiger partial charge >= 0.3 is 11.9 Å². The number of aliphatic hydroxyl groups excluding tert-OH is 1. The lowest BCUT2D eigenvalue weighted by atomic mass is 9.44. The summed E-state index contributed by atoms with van der Waals surface area (Å²) >= 11 is 0. The first-order valence-electron chi connectivity index (χ1n) is 12.5. The monoisotopic (exact) mass is 472 g/mol. The van der Waals surface area contributed by atoms with E-state index in [1.165, 1.54) is 6.92 Å². The molecule has 0 bridgehead atoms. The number of carbonyl (C=O) groups is 4. The lowest BCUT2D eigenvalue weighted by Crippen LogP contribution is -2.59. The van der Waals surface area contributed by atoms with E-state index in [1.54, 1.807) is 12.2 Å². The molecule has 7 heteroatoms. The third kappa shape index (κ3) is 3.76. The van der Waals surface area contributed by atoms with E-state index in [1.807, 2.05) is 6.08 Å². The number of Topliss-reactive ketones (excluding diaryl/α,β-unsaturated/α-hetero) is 1. The average molecular weight is 473 g/mol. The van der Waals surface area contributed by atoms with Gasteiger partial charge in [0.2, 0.25) is 0 Å². The SMILES string of the molecule is CC(=O)OCC(=O)C1(CCCC(=O)O)CC[C@H]2[C@@H]3CCC4=CC(=O)C=C[C@]4(C)[C@H]3[C@@H](O)C[C@@]21C. The molecule has 0 amide bonds. The molecule has 7 nitrogen and oxygen atoms in total. The molecule has 2 N–H and O–H groups in total. The van der Waals surface area contributed by atoms with Crippen LogP contribution in [0.25, 0.3) is 0 Å². The van der Waals surface area contributed by atoms with Gasteiger partial charge in [-0.1, -0.05) is 25.5 Å². The van der Waals surface area contributed by atoms with Crippen molar-refractivity contribution in [3.8, 4) is 0 Å². The van der Waals surface area contributed by atoms with Gasteiger partial charge < -0.3 is 14.9 Å². The van der Waals surface area contributed by atoms with Crippen molar-refractivity contribution in [2.24, 2.45) is 34.0 Å². The van der Waals surface area contributed by atoms with Gasteiger partial charge in [0.15, 0.2) is 18.2 Å². The van der Waals surface area contributed by atoms with Crippen molar-refractivity contribution in [3.63, 3.8) is 0 Å². The highest BCUT2D eigenvalue weighted by atomic mass is 16.5. The van der Waals surface area contributed by atoms with E-state index in [-0.39, 0.29) is 47.8 Å². The highest BCUT2D eigenvalue weighted by Gasteiger charge is 2.67. The van der Waals surface area contributed by atoms with Gasteiger partial charge in [-0.05, 0) is 74.3 Å². The van der Waals surface area contributed by atoms with Crippen LogP contribution in [-0.4, -0.2) is 46.4 Å². The van der Waals surface area contributed by atoms with Crippen molar-refractivity contribution in [2.45, 2.75) is 78.2 Å². The Labute approximate surface area is 200 Å². The summed E-state index contributed by atoms with van der Waals surface area (Å²) in [6, 6.07) is 0. The number of hydrogen-bond donors (Lipinski definition) is 2. The van der Waals surface area contributed by atoms with Gasteiger partial charge in [0, 0.05) is 30.1 Å². The fourth-order valence-electron chi connectivity index (χ4n) is 8.30. The van der Waals surface area contributed by atoms with E-state index in [9.17, 15) is 29.4 Å². The molecule has 4 aliphatic carbocycles. The number of fused-ring (bicyclic) bond motifs is 5. The Kier molecular flexibility index (Phi) is 6.38. The molecule has 0 saturated heterocycles. The Balaban J connectivity index is 1.69. The standard InChI is InChI=1S/C27H36O7/c1-16(28)34-15-22(31)27(10-4-5-23(32)33)12-9-20-19-7-6-17-13-18(29)8-11-25(17,2)24(19)21(30)14-26(20,27)3/h8,11,13,19-21,24,30H,4-7,9-10,12,14-15H2,1-3H3,(H,32,33)/t19-,20-,21-,24+,25-,26-,27?/m0/s1. The normalized spacial score (nSPS) is 40.6. The second-order valence-corrected chi connectivity index (χ2v) is 11.3. The first kappa shape index (κ1) is 24.8. The van der Waals surface area contributed by atoms with Crippen LogP contribution in [0.5, 0.6) is 0 Å². The van der Waals surface area contributed by atoms with Crippen LogP contribution in [0.1, 0.15) is 72.1 Å². The zero-order chi connectivity index (χ0) is 24.9. The number of hydrogen-bond acceptors (Lipinski definition) is 6. The molecule has 0 aromatic rings. The van der Waals surface area contributed by atoms with Crippen molar-refractivity contribution >= 4 is 23.5 Å². The maximum Gasteiger partial charge on any atom is 0.303 e. The van der Waals surface area contributed by atoms with Crippen LogP contribution in [0.2, 0.25) is 0 Å². The van der Waals surface area contributed by atoms with Crippen LogP contribution in [0.4, 0.5) is 0 Å². The number of aliphatic hydroxyl groups is 1. The molecule has 3 saturated carbocycles. The second kappa shape index (κ2) is 8.74. The second-order valence-electron chi connectivity index (χ2n) is 11.3. The number of ketones is 2. The topological polar surface area (TPSA) is 118 Å². The fraction of sp³-hybridized carbons (Fsp3) is 0.704. The van der Waals surface area contributed by atoms with E-state index in [2.05, 4.69) is 13.8 Å². The Morgan fingerprint density at radius 1 is 1.21 bits per heavy atom. The molecule has 1 unspecified atom stereocenters. The van der Waals surface area contributed by atoms with Crippen molar-refractivity contribution in [2.75, 3.05) is 6.61 Å². The summed E-state index contributed by atoms with van der Waals surface area (Å²) in [5, 5.41) is 20.8. The number of carboxylic acids is 1. The summed E-state index contributed by atoms with van der Waals surface area (Å²) in [5.74, 6) is -1.23. The predicted molar refractivity (Wildman–Crippen MR) is 124 cm³/mol. The summed E-state index contributed by atoms with van der Waals surface area (Å²) in [7, 11) is 0. The number of carbonyl (C=O) groups excluding carboxylic acids is 3. The maximum absolute atomic E-state index is 13.6. The lowest BCUT2D eigenvalue weighted by molar-refractivity contribution is -0.165. The van der Waals surface area contributed by atoms with E-state index in [0.29, 0.717) is 25.7 Å². The smallest absolute Gasteiger partial charge is 0.303 e. The van der Waals surface area contributed by atoms with Gasteiger partial charge in [-0.3, -0.25) is 19.2 Å². The molecule has 4 rings (SSSR count). The van der Waals surface area contributed by atoms with Gasteiger partial charge in [-0.25, -0.2) is 0 Å². The first-order valence-corrected chi connectivity index (χ1v) is 12.5. The van der Waals surface area contributed by atoms with Crippen molar-refractivity contribution < 1.29 is 34.1 Å². The summed E-state index contributed by atoms with van der Waals surface area (Å²) in [6.45, 7) is 5.16. The molecule has 0 aliphatic heterocycles. The van der Waals surface area contributed by atoms with Gasteiger partial charge in [-0.15, -0.1) is 0 Å². The molecule has 0 heterocycles. The van der Waals surface area contributed by atoms with Crippen molar-refractivity contribution in [3.05, 3.63) is 23.8 Å². The van der Waals surface area contributed by atoms with Gasteiger partial charge in [-0.2, -0.15) is 0 Å². The minimum Gasteiger partial charge on any atom is -0.481 e. The number of allylic oxidation sites excluding steroid dienone is 4. The molecule has 0 spiro atoms. The van der Waals surface area contributed by atoms with Crippen molar-refractivity contribution in [1.82, 2.24) is 0 Å². The summed E-state index contributed by atoms with van der Waals surface area (Å²) < 4.78 is 5.11. The highest BCUT2D eigenvalue weighted by molar-refractivity contribution is 6.01. The lowest BCUT2D eigenvalue weighted by Gasteiger charge is -2.60. The highest BCUT2D eigenvalue weighted by Crippen LogP contribution is 2.70. The zero-order valence-electron chi connectivity index (χ0n) is 20.3. The number of ether oxygens (including phenoxy) is 1. The van der Waals surface area contributed by atoms with Gasteiger partial charge in [0.1, 0.15) is 0 Å². The molecular formula is C27H36O7. The van der Waals surface area contributed by atoms with Gasteiger partial charge in [0.25, 0.3) is 0 Å². The molecule has 34 heavy (non-hydrogen) atoms. The van der Waals surface area contributed by atoms with Crippen molar-refractivity contribution in [1.29, 1.82) is 0 Å². The summed E-state index contributed by atoms with van der Waals surface area (Å²) in [6.07, 6.45) is 8.91. The number of carboxylic acid groups (broad SMARTS) is 1. The van der Waals surface area contributed by atoms with Crippen LogP contribution < -0.4 is 0 Å². The minimum absolute atomic E-state index is 0.00422. The summed E-state index contributed by atoms with van der Waals surface area (Å²) in [5.41, 5.74) is -0.645. The van der Waals surface area contributed by atoms with E-state index >= 15 is 0 Å². The van der Waals surface area contributed by atoms with E-state index in [4.69, 9.17) is 4.74 Å². The molecule has 3 fully saturated rings. The van der Waals surface area contributed by atoms with Crippen LogP contribution in [0, 0.1) is 34.0 Å². The van der Waals surface area contributed by atoms with E-state index < -0.39 is 28.9 Å². The predicted octanol–water partition coefficient (Wildman–Crippen LogP) is 3.64. The molecule has 186 valence electrons. The minimum atomic E-state index is -0.899. The Bertz CT molecular complexity index is 964. The Hall–Kier alpha value is -2.28. The average Bonchev–Trinajstić information content (AvgIpc) is 3.04. The van der Waals surface area contributed by atoms with Crippen LogP contribution >= 0.6 is 0 Å². The molecular weight excluding hydrogens is 436 g/mol. The maximum atomic E-state index is 13.6. The summed E-state index contributed by atoms with van der Waals surface area (Å²) in [4.78, 5) is 48.3. The number of esters is 1. The molecule has 0 aromatic heterocycles. The molecule has 0 aromatic carbocycles. The third-order valence-electron chi connectivity index (χ3n) is 9.80. The Morgan fingerprint density at radius 2 is 1.94 bits per heavy atom. The zero-order valence-corrected chi connectivity index (χ0v) is 20.3. The van der Waals surface area contributed by atoms with Crippen LogP contribution in [0.15, 0.2) is 23.8 Å². The van der Waals surface area contributed by atoms with Crippen LogP contribution in [-0.2, 0) is 23.9 Å². The quantitative estimate of drug-likeness (QED) is 0.543. The molecule has 7 atom stereocenters. The molecule has 4 aliphatic rings. The first-order chi connectivity index (χ1) is 15.9. The third-order valence-corrected chi connectivity index (χ3v) is 9.80. The molecule has 0 radical (unpaired) electrons.